The Kier molecular flexibility index (Phi) is 17.1. The van der Waals surface area contributed by atoms with Gasteiger partial charge < -0.3 is 17.6 Å². The molecule has 12 heterocycles. The molecule has 16 aromatic rings. The third-order valence-electron chi connectivity index (χ3n) is 14.0. The van der Waals surface area contributed by atoms with Crippen LogP contribution in [0.1, 0.15) is 42.0 Å². The van der Waals surface area contributed by atoms with Crippen LogP contribution in [0.2, 0.25) is 0 Å². The van der Waals surface area contributed by atoms with E-state index in [4.69, 9.17) is 0 Å². The van der Waals surface area contributed by atoms with E-state index in [1.54, 1.807) is 24.3 Å². The fourth-order valence-electron chi connectivity index (χ4n) is 9.76. The van der Waals surface area contributed by atoms with Gasteiger partial charge in [-0.2, -0.15) is 0 Å². The van der Waals surface area contributed by atoms with E-state index in [1.807, 2.05) is 90.9 Å². The lowest BCUT2D eigenvalue weighted by atomic mass is 10.3. The second-order valence-electron chi connectivity index (χ2n) is 20.1. The Morgan fingerprint density at radius 2 is 0.521 bits per heavy atom. The SMILES string of the molecule is O=C(NNc1nc2cc(F)ccc2n2cccc12)c1cnccn1.O=C(NNc1nc2cc(F)ccc2n2cccc12)c1cnccn1.O=C(NNc1nc2cc(F)ccc2n2cccc12)c1cnccn1.O=C(NNc1nc2cc(F)ccc2n2cccc12)c1cnccn1. The van der Waals surface area contributed by atoms with Gasteiger partial charge >= 0.3 is 0 Å². The number of carbonyl (C=O) groups is 4. The van der Waals surface area contributed by atoms with Crippen LogP contribution < -0.4 is 43.4 Å². The van der Waals surface area contributed by atoms with E-state index in [-0.39, 0.29) is 46.0 Å². The first-order chi connectivity index (χ1) is 46.9. The van der Waals surface area contributed by atoms with Gasteiger partial charge in [-0.15, -0.1) is 0 Å². The van der Waals surface area contributed by atoms with Crippen molar-refractivity contribution < 1.29 is 36.7 Å². The third kappa shape index (κ3) is 13.2. The molecule has 0 saturated carbocycles. The van der Waals surface area contributed by atoms with E-state index in [2.05, 4.69) is 103 Å². The number of amides is 4. The maximum Gasteiger partial charge on any atom is 0.289 e. The van der Waals surface area contributed by atoms with Gasteiger partial charge in [0.05, 0.1) is 91.0 Å². The minimum atomic E-state index is -0.450. The van der Waals surface area contributed by atoms with Crippen molar-refractivity contribution in [3.05, 3.63) is 267 Å². The third-order valence-corrected chi connectivity index (χ3v) is 14.0. The van der Waals surface area contributed by atoms with E-state index in [0.717, 1.165) is 44.1 Å². The number of hydrogen-bond donors (Lipinski definition) is 8. The van der Waals surface area contributed by atoms with Gasteiger partial charge in [-0.05, 0) is 97.1 Å². The summed E-state index contributed by atoms with van der Waals surface area (Å²) in [5.41, 5.74) is 29.7. The molecule has 0 unspecified atom stereocenters. The fourth-order valence-corrected chi connectivity index (χ4v) is 9.76. The van der Waals surface area contributed by atoms with Crippen molar-refractivity contribution in [1.29, 1.82) is 0 Å². The number of nitrogens with zero attached hydrogens (tertiary/aromatic N) is 16. The normalized spacial score (nSPS) is 10.9. The molecule has 16 rings (SSSR count). The van der Waals surface area contributed by atoms with E-state index < -0.39 is 23.6 Å². The van der Waals surface area contributed by atoms with E-state index in [1.165, 1.54) is 123 Å². The number of halogens is 4. The first-order valence-corrected chi connectivity index (χ1v) is 28.4. The summed E-state index contributed by atoms with van der Waals surface area (Å²) in [4.78, 5) is 96.7. The first-order valence-electron chi connectivity index (χ1n) is 28.4. The van der Waals surface area contributed by atoms with Crippen LogP contribution in [0.5, 0.6) is 0 Å². The van der Waals surface area contributed by atoms with Crippen LogP contribution in [0.4, 0.5) is 40.8 Å². The van der Waals surface area contributed by atoms with Gasteiger partial charge in [0.1, 0.15) is 46.0 Å². The van der Waals surface area contributed by atoms with Crippen LogP contribution in [0, 0.1) is 23.3 Å². The predicted molar refractivity (Wildman–Crippen MR) is 343 cm³/mol. The number of benzene rings is 4. The highest BCUT2D eigenvalue weighted by Crippen LogP contribution is 2.27. The van der Waals surface area contributed by atoms with Crippen molar-refractivity contribution in [3.8, 4) is 0 Å². The molecule has 0 aliphatic rings. The van der Waals surface area contributed by atoms with Crippen LogP contribution in [0.25, 0.3) is 66.2 Å². The Labute approximate surface area is 535 Å². The van der Waals surface area contributed by atoms with Gasteiger partial charge in [0.15, 0.2) is 23.3 Å². The lowest BCUT2D eigenvalue weighted by Gasteiger charge is -2.11. The van der Waals surface area contributed by atoms with Crippen LogP contribution in [0.3, 0.4) is 0 Å². The molecule has 472 valence electrons. The number of hydrogen-bond acceptors (Lipinski definition) is 20. The van der Waals surface area contributed by atoms with Crippen LogP contribution in [-0.2, 0) is 0 Å². The van der Waals surface area contributed by atoms with Crippen molar-refractivity contribution in [1.82, 2.24) is 99.1 Å². The number of fused-ring (bicyclic) bond motifs is 12. The van der Waals surface area contributed by atoms with Crippen LogP contribution in [0.15, 0.2) is 220 Å². The molecule has 4 amide bonds. The summed E-state index contributed by atoms with van der Waals surface area (Å²) in [6.45, 7) is 0. The molecule has 0 radical (unpaired) electrons. The number of aromatic nitrogens is 16. The molecule has 0 bridgehead atoms. The van der Waals surface area contributed by atoms with Gasteiger partial charge in [-0.25, -0.2) is 57.4 Å². The number of rotatable bonds is 12. The predicted octanol–water partition coefficient (Wildman–Crippen LogP) is 8.69. The zero-order valence-corrected chi connectivity index (χ0v) is 49.1. The van der Waals surface area contributed by atoms with Crippen molar-refractivity contribution >= 4 is 113 Å². The summed E-state index contributed by atoms with van der Waals surface area (Å²) in [6.07, 6.45) is 24.4. The number of nitrogens with one attached hydrogen (secondary N) is 8. The van der Waals surface area contributed by atoms with Gasteiger partial charge in [0.25, 0.3) is 23.6 Å². The molecular formula is C64H44F4N24O4. The maximum atomic E-state index is 13.5. The van der Waals surface area contributed by atoms with Crippen molar-refractivity contribution in [3.63, 3.8) is 0 Å². The second kappa shape index (κ2) is 27.1. The number of hydrazine groups is 4. The Hall–Kier alpha value is -14.2. The summed E-state index contributed by atoms with van der Waals surface area (Å²) in [6, 6.07) is 32.2. The van der Waals surface area contributed by atoms with Gasteiger partial charge in [0, 0.05) is 98.6 Å². The summed E-state index contributed by atoms with van der Waals surface area (Å²) in [7, 11) is 0. The lowest BCUT2D eigenvalue weighted by Crippen LogP contribution is -2.30. The molecule has 0 atom stereocenters. The molecule has 0 aliphatic heterocycles. The number of carbonyl (C=O) groups excluding carboxylic acids is 4. The maximum absolute atomic E-state index is 13.5. The molecular weight excluding hydrogens is 1240 g/mol. The molecule has 28 nitrogen and oxygen atoms in total. The van der Waals surface area contributed by atoms with E-state index in [0.29, 0.717) is 45.3 Å². The Morgan fingerprint density at radius 1 is 0.292 bits per heavy atom. The van der Waals surface area contributed by atoms with Gasteiger partial charge in [-0.1, -0.05) is 0 Å². The van der Waals surface area contributed by atoms with Crippen molar-refractivity contribution in [2.45, 2.75) is 0 Å². The highest BCUT2D eigenvalue weighted by Gasteiger charge is 2.17. The lowest BCUT2D eigenvalue weighted by molar-refractivity contribution is 0.0949. The minimum Gasteiger partial charge on any atom is -0.312 e. The Balaban J connectivity index is 0.000000116. The molecule has 4 aromatic carbocycles. The molecule has 0 spiro atoms. The summed E-state index contributed by atoms with van der Waals surface area (Å²) in [5, 5.41) is 0. The van der Waals surface area contributed by atoms with Gasteiger partial charge in [-0.3, -0.25) is 82.5 Å². The van der Waals surface area contributed by atoms with Gasteiger partial charge in [0.2, 0.25) is 0 Å². The Morgan fingerprint density at radius 3 is 0.729 bits per heavy atom. The molecule has 12 aromatic heterocycles. The topological polar surface area (TPSA) is 337 Å². The fraction of sp³-hybridized carbons (Fsp3) is 0. The Bertz CT molecular complexity index is 4870. The van der Waals surface area contributed by atoms with E-state index in [9.17, 15) is 36.7 Å². The smallest absolute Gasteiger partial charge is 0.289 e. The highest BCUT2D eigenvalue weighted by molar-refractivity contribution is 5.96. The van der Waals surface area contributed by atoms with Crippen molar-refractivity contribution in [2.24, 2.45) is 0 Å². The average Bonchev–Trinajstić information content (AvgIpc) is 1.52. The molecule has 0 fully saturated rings. The molecule has 0 saturated heterocycles. The van der Waals surface area contributed by atoms with E-state index >= 15 is 0 Å². The summed E-state index contributed by atoms with van der Waals surface area (Å²) < 4.78 is 61.3. The standard InChI is InChI=1S/4C16H11FN6O/c4*17-10-3-4-13-11(8-10)20-15(14-2-1-7-23(13)14)21-22-16(24)12-9-18-5-6-19-12/h4*1-9H,(H,20,21)(H,22,24). The second-order valence-corrected chi connectivity index (χ2v) is 20.1. The summed E-state index contributed by atoms with van der Waals surface area (Å²) >= 11 is 0. The summed E-state index contributed by atoms with van der Waals surface area (Å²) in [5.74, 6) is -1.72. The van der Waals surface area contributed by atoms with Crippen molar-refractivity contribution in [2.75, 3.05) is 21.7 Å². The van der Waals surface area contributed by atoms with Crippen LogP contribution >= 0.6 is 0 Å². The zero-order chi connectivity index (χ0) is 66.1. The highest BCUT2D eigenvalue weighted by atomic mass is 19.1. The molecule has 8 N–H and O–H groups in total. The molecule has 32 heteroatoms. The largest absolute Gasteiger partial charge is 0.312 e. The zero-order valence-electron chi connectivity index (χ0n) is 49.1. The first kappa shape index (κ1) is 60.7. The molecule has 96 heavy (non-hydrogen) atoms. The number of anilines is 4. The average molecular weight is 1290 g/mol. The monoisotopic (exact) mass is 1290 g/mol. The quantitative estimate of drug-likeness (QED) is 0.0418. The molecule has 0 aliphatic carbocycles. The van der Waals surface area contributed by atoms with Crippen LogP contribution in [-0.4, -0.2) is 101 Å². The minimum absolute atomic E-state index is 0.170.